The molecular weight excluding hydrogens is 226 g/mol. The highest BCUT2D eigenvalue weighted by atomic mass is 79.9. The first-order valence-corrected chi connectivity index (χ1v) is 6.50. The minimum absolute atomic E-state index is 0.783. The van der Waals surface area contributed by atoms with Crippen molar-refractivity contribution in [2.45, 2.75) is 44.4 Å². The van der Waals surface area contributed by atoms with Crippen LogP contribution in [0.4, 0.5) is 0 Å². The van der Waals surface area contributed by atoms with Gasteiger partial charge >= 0.3 is 0 Å². The van der Waals surface area contributed by atoms with Crippen molar-refractivity contribution in [3.63, 3.8) is 0 Å². The molecule has 0 saturated carbocycles. The van der Waals surface area contributed by atoms with E-state index in [-0.39, 0.29) is 0 Å². The van der Waals surface area contributed by atoms with Gasteiger partial charge in [-0.2, -0.15) is 0 Å². The van der Waals surface area contributed by atoms with Crippen LogP contribution in [0.1, 0.15) is 39.5 Å². The lowest BCUT2D eigenvalue weighted by molar-refractivity contribution is 0.201. The fourth-order valence-corrected chi connectivity index (χ4v) is 2.52. The van der Waals surface area contributed by atoms with E-state index in [1.54, 1.807) is 0 Å². The molecule has 0 aromatic rings. The summed E-state index contributed by atoms with van der Waals surface area (Å²) in [6, 6.07) is 0. The van der Waals surface area contributed by atoms with Crippen LogP contribution in [0.2, 0.25) is 0 Å². The Bertz CT molecular complexity index is 130. The molecule has 1 atom stereocenters. The maximum atomic E-state index is 3.69. The Hall–Kier alpha value is 0.440. The topological polar surface area (TPSA) is 3.24 Å². The van der Waals surface area contributed by atoms with Crippen LogP contribution in [-0.4, -0.2) is 29.4 Å². The predicted octanol–water partition coefficient (Wildman–Crippen LogP) is 3.28. The molecule has 0 amide bonds. The summed E-state index contributed by atoms with van der Waals surface area (Å²) in [6.07, 6.45) is 5.38. The molecule has 1 nitrogen and oxygen atoms in total. The SMILES string of the molecule is CCCC(C)CN1CCC(Br)CC1. The van der Waals surface area contributed by atoms with E-state index >= 15 is 0 Å². The largest absolute Gasteiger partial charge is 0.303 e. The van der Waals surface area contributed by atoms with Gasteiger partial charge in [0.2, 0.25) is 0 Å². The molecule has 0 N–H and O–H groups in total. The molecule has 13 heavy (non-hydrogen) atoms. The summed E-state index contributed by atoms with van der Waals surface area (Å²) in [5, 5.41) is 0. The van der Waals surface area contributed by atoms with Crippen LogP contribution in [-0.2, 0) is 0 Å². The highest BCUT2D eigenvalue weighted by molar-refractivity contribution is 9.09. The first-order chi connectivity index (χ1) is 6.22. The number of halogens is 1. The van der Waals surface area contributed by atoms with Gasteiger partial charge < -0.3 is 4.90 Å². The van der Waals surface area contributed by atoms with Crippen molar-refractivity contribution < 1.29 is 0 Å². The fourth-order valence-electron chi connectivity index (χ4n) is 2.11. The number of likely N-dealkylation sites (tertiary alicyclic amines) is 1. The van der Waals surface area contributed by atoms with Gasteiger partial charge in [0.15, 0.2) is 0 Å². The molecule has 1 aliphatic heterocycles. The van der Waals surface area contributed by atoms with Crippen molar-refractivity contribution in [3.8, 4) is 0 Å². The molecule has 1 rings (SSSR count). The molecule has 0 aromatic heterocycles. The molecule has 0 aromatic carbocycles. The second-order valence-corrected chi connectivity index (χ2v) is 5.66. The lowest BCUT2D eigenvalue weighted by atomic mass is 10.0. The Morgan fingerprint density at radius 3 is 2.54 bits per heavy atom. The second-order valence-electron chi connectivity index (χ2n) is 4.37. The first-order valence-electron chi connectivity index (χ1n) is 5.58. The lowest BCUT2D eigenvalue weighted by Crippen LogP contribution is -2.36. The molecule has 78 valence electrons. The molecule has 1 aliphatic rings. The third-order valence-corrected chi connectivity index (χ3v) is 3.78. The van der Waals surface area contributed by atoms with Gasteiger partial charge in [0.05, 0.1) is 0 Å². The number of alkyl halides is 1. The Labute approximate surface area is 91.0 Å². The zero-order chi connectivity index (χ0) is 9.68. The van der Waals surface area contributed by atoms with Gasteiger partial charge in [0.1, 0.15) is 0 Å². The molecule has 0 bridgehead atoms. The standard InChI is InChI=1S/C11H22BrN/c1-3-4-10(2)9-13-7-5-11(12)6-8-13/h10-11H,3-9H2,1-2H3. The van der Waals surface area contributed by atoms with E-state index in [4.69, 9.17) is 0 Å². The number of piperidine rings is 1. The number of rotatable bonds is 4. The summed E-state index contributed by atoms with van der Waals surface area (Å²) < 4.78 is 0. The van der Waals surface area contributed by atoms with E-state index in [1.165, 1.54) is 45.3 Å². The molecule has 1 saturated heterocycles. The fraction of sp³-hybridized carbons (Fsp3) is 1.00. The van der Waals surface area contributed by atoms with Gasteiger partial charge in [0.25, 0.3) is 0 Å². The third-order valence-electron chi connectivity index (χ3n) is 2.87. The predicted molar refractivity (Wildman–Crippen MR) is 62.5 cm³/mol. The average Bonchev–Trinajstić information content (AvgIpc) is 2.09. The van der Waals surface area contributed by atoms with Crippen molar-refractivity contribution in [1.82, 2.24) is 4.90 Å². The zero-order valence-electron chi connectivity index (χ0n) is 8.93. The lowest BCUT2D eigenvalue weighted by Gasteiger charge is -2.31. The second kappa shape index (κ2) is 6.02. The van der Waals surface area contributed by atoms with Crippen LogP contribution in [0, 0.1) is 5.92 Å². The molecule has 0 radical (unpaired) electrons. The summed E-state index contributed by atoms with van der Waals surface area (Å²) in [4.78, 5) is 3.41. The third kappa shape index (κ3) is 4.46. The minimum atomic E-state index is 0.783. The van der Waals surface area contributed by atoms with Crippen molar-refractivity contribution in [2.75, 3.05) is 19.6 Å². The summed E-state index contributed by atoms with van der Waals surface area (Å²) >= 11 is 3.69. The Kier molecular flexibility index (Phi) is 5.34. The summed E-state index contributed by atoms with van der Waals surface area (Å²) in [6.45, 7) is 8.56. The Morgan fingerprint density at radius 1 is 1.38 bits per heavy atom. The smallest absolute Gasteiger partial charge is 0.0170 e. The van der Waals surface area contributed by atoms with Gasteiger partial charge in [-0.25, -0.2) is 0 Å². The number of hydrogen-bond acceptors (Lipinski definition) is 1. The molecule has 0 aliphatic carbocycles. The molecule has 1 heterocycles. The highest BCUT2D eigenvalue weighted by Crippen LogP contribution is 2.19. The molecular formula is C11H22BrN. The van der Waals surface area contributed by atoms with Crippen molar-refractivity contribution in [1.29, 1.82) is 0 Å². The van der Waals surface area contributed by atoms with Crippen LogP contribution in [0.5, 0.6) is 0 Å². The van der Waals surface area contributed by atoms with Crippen LogP contribution >= 0.6 is 15.9 Å². The van der Waals surface area contributed by atoms with Crippen LogP contribution in [0.25, 0.3) is 0 Å². The first kappa shape index (κ1) is 11.5. The van der Waals surface area contributed by atoms with Crippen molar-refractivity contribution in [3.05, 3.63) is 0 Å². The van der Waals surface area contributed by atoms with E-state index < -0.39 is 0 Å². The van der Waals surface area contributed by atoms with E-state index in [0.717, 1.165) is 10.7 Å². The monoisotopic (exact) mass is 247 g/mol. The van der Waals surface area contributed by atoms with Gasteiger partial charge in [-0.3, -0.25) is 0 Å². The van der Waals surface area contributed by atoms with Gasteiger partial charge in [-0.05, 0) is 38.3 Å². The van der Waals surface area contributed by atoms with Crippen LogP contribution < -0.4 is 0 Å². The average molecular weight is 248 g/mol. The van der Waals surface area contributed by atoms with Crippen LogP contribution in [0.3, 0.4) is 0 Å². The van der Waals surface area contributed by atoms with Crippen molar-refractivity contribution >= 4 is 15.9 Å². The minimum Gasteiger partial charge on any atom is -0.303 e. The van der Waals surface area contributed by atoms with Gasteiger partial charge in [-0.1, -0.05) is 36.2 Å². The zero-order valence-corrected chi connectivity index (χ0v) is 10.5. The van der Waals surface area contributed by atoms with E-state index in [9.17, 15) is 0 Å². The highest BCUT2D eigenvalue weighted by Gasteiger charge is 2.17. The summed E-state index contributed by atoms with van der Waals surface area (Å²) in [5.41, 5.74) is 0. The summed E-state index contributed by atoms with van der Waals surface area (Å²) in [5.74, 6) is 0.886. The molecule has 1 fully saturated rings. The maximum Gasteiger partial charge on any atom is 0.0170 e. The quantitative estimate of drug-likeness (QED) is 0.690. The van der Waals surface area contributed by atoms with E-state index in [1.807, 2.05) is 0 Å². The van der Waals surface area contributed by atoms with Gasteiger partial charge in [0, 0.05) is 11.4 Å². The van der Waals surface area contributed by atoms with Crippen LogP contribution in [0.15, 0.2) is 0 Å². The molecule has 0 spiro atoms. The van der Waals surface area contributed by atoms with E-state index in [2.05, 4.69) is 34.7 Å². The Balaban J connectivity index is 2.14. The molecule has 2 heteroatoms. The van der Waals surface area contributed by atoms with E-state index in [0.29, 0.717) is 0 Å². The molecule has 1 unspecified atom stereocenters. The number of hydrogen-bond donors (Lipinski definition) is 0. The number of nitrogens with zero attached hydrogens (tertiary/aromatic N) is 1. The van der Waals surface area contributed by atoms with Crippen molar-refractivity contribution in [2.24, 2.45) is 5.92 Å². The maximum absolute atomic E-state index is 3.69. The van der Waals surface area contributed by atoms with Gasteiger partial charge in [-0.15, -0.1) is 0 Å². The Morgan fingerprint density at radius 2 is 2.00 bits per heavy atom. The summed E-state index contributed by atoms with van der Waals surface area (Å²) in [7, 11) is 0. The normalized spacial score (nSPS) is 23.3.